The number of carbonyl (C=O) groups excluding carboxylic acids is 1. The molecule has 1 N–H and O–H groups in total. The highest BCUT2D eigenvalue weighted by atomic mass is 16.4. The van der Waals surface area contributed by atoms with E-state index in [1.54, 1.807) is 33.6 Å². The second kappa shape index (κ2) is 6.71. The Morgan fingerprint density at radius 3 is 2.89 bits per heavy atom. The lowest BCUT2D eigenvalue weighted by Crippen LogP contribution is -2.42. The minimum atomic E-state index is -0.436. The lowest BCUT2D eigenvalue weighted by molar-refractivity contribution is 0.0921. The number of amides is 1. The van der Waals surface area contributed by atoms with E-state index < -0.39 is 5.76 Å². The zero-order chi connectivity index (χ0) is 19.0. The van der Waals surface area contributed by atoms with Gasteiger partial charge in [0.25, 0.3) is 5.91 Å². The molecule has 3 heterocycles. The molecule has 0 aliphatic carbocycles. The van der Waals surface area contributed by atoms with Crippen molar-refractivity contribution >= 4 is 22.7 Å². The zero-order valence-corrected chi connectivity index (χ0v) is 15.0. The number of carbonyl (C=O) groups is 1. The molecule has 0 fully saturated rings. The van der Waals surface area contributed by atoms with Crippen molar-refractivity contribution in [3.8, 4) is 0 Å². The van der Waals surface area contributed by atoms with E-state index in [9.17, 15) is 9.59 Å². The summed E-state index contributed by atoms with van der Waals surface area (Å²) in [6.45, 7) is 4.30. The number of oxazole rings is 1. The minimum absolute atomic E-state index is 0.101. The first-order valence-electron chi connectivity index (χ1n) is 8.72. The summed E-state index contributed by atoms with van der Waals surface area (Å²) >= 11 is 0. The number of para-hydroxylation sites is 2. The van der Waals surface area contributed by atoms with Gasteiger partial charge in [0, 0.05) is 25.0 Å². The van der Waals surface area contributed by atoms with E-state index in [2.05, 4.69) is 15.4 Å². The third-order valence-corrected chi connectivity index (χ3v) is 4.60. The largest absolute Gasteiger partial charge is 0.420 e. The normalized spacial score (nSPS) is 12.7. The van der Waals surface area contributed by atoms with Crippen LogP contribution in [-0.2, 0) is 6.54 Å². The standard InChI is InChI=1S/C19H19N5O3/c1-12(2)14(11-23-15-6-3-4-7-16(15)27-19(23)26)22-18(25)13-10-21-24-9-5-8-20-17(13)24/h3-10,12,14H,11H2,1-2H3,(H,22,25)/t14-/m0/s1. The van der Waals surface area contributed by atoms with Gasteiger partial charge < -0.3 is 9.73 Å². The fourth-order valence-electron chi connectivity index (χ4n) is 3.04. The molecule has 0 saturated heterocycles. The number of nitrogens with zero attached hydrogens (tertiary/aromatic N) is 4. The SMILES string of the molecule is CC(C)[C@H](Cn1c(=O)oc2ccccc21)NC(=O)c1cnn2cccnc12. The number of benzene rings is 1. The molecule has 0 radical (unpaired) electrons. The maximum absolute atomic E-state index is 12.8. The number of nitrogens with one attached hydrogen (secondary N) is 1. The number of hydrogen-bond acceptors (Lipinski definition) is 5. The Balaban J connectivity index is 1.62. The van der Waals surface area contributed by atoms with Gasteiger partial charge in [0.2, 0.25) is 0 Å². The average molecular weight is 365 g/mol. The van der Waals surface area contributed by atoms with Crippen molar-refractivity contribution < 1.29 is 9.21 Å². The first kappa shape index (κ1) is 17.0. The second-order valence-electron chi connectivity index (χ2n) is 6.72. The molecule has 8 nitrogen and oxygen atoms in total. The molecule has 0 aliphatic heterocycles. The Bertz CT molecular complexity index is 1170. The van der Waals surface area contributed by atoms with Crippen molar-refractivity contribution in [3.05, 3.63) is 65.0 Å². The fourth-order valence-corrected chi connectivity index (χ4v) is 3.04. The Hall–Kier alpha value is -3.42. The van der Waals surface area contributed by atoms with Gasteiger partial charge in [-0.2, -0.15) is 5.10 Å². The Labute approximate surface area is 154 Å². The predicted molar refractivity (Wildman–Crippen MR) is 99.6 cm³/mol. The van der Waals surface area contributed by atoms with Gasteiger partial charge in [-0.15, -0.1) is 0 Å². The summed E-state index contributed by atoms with van der Waals surface area (Å²) in [6.07, 6.45) is 4.84. The monoisotopic (exact) mass is 365 g/mol. The molecule has 0 bridgehead atoms. The Morgan fingerprint density at radius 2 is 2.07 bits per heavy atom. The van der Waals surface area contributed by atoms with Gasteiger partial charge in [-0.3, -0.25) is 9.36 Å². The molecule has 8 heteroatoms. The highest BCUT2D eigenvalue weighted by Crippen LogP contribution is 2.15. The van der Waals surface area contributed by atoms with Crippen molar-refractivity contribution in [2.75, 3.05) is 0 Å². The van der Waals surface area contributed by atoms with Crippen LogP contribution in [-0.4, -0.2) is 31.1 Å². The quantitative estimate of drug-likeness (QED) is 0.584. The van der Waals surface area contributed by atoms with Gasteiger partial charge in [-0.05, 0) is 24.1 Å². The van der Waals surface area contributed by atoms with Gasteiger partial charge in [0.15, 0.2) is 11.2 Å². The van der Waals surface area contributed by atoms with Crippen LogP contribution in [0.2, 0.25) is 0 Å². The van der Waals surface area contributed by atoms with E-state index in [4.69, 9.17) is 4.42 Å². The van der Waals surface area contributed by atoms with Gasteiger partial charge in [0.05, 0.1) is 11.7 Å². The first-order chi connectivity index (χ1) is 13.0. The van der Waals surface area contributed by atoms with Gasteiger partial charge in [0.1, 0.15) is 5.56 Å². The molecule has 0 saturated carbocycles. The van der Waals surface area contributed by atoms with Crippen LogP contribution in [0, 0.1) is 5.92 Å². The van der Waals surface area contributed by atoms with Crippen LogP contribution in [0.4, 0.5) is 0 Å². The van der Waals surface area contributed by atoms with Gasteiger partial charge in [-0.25, -0.2) is 14.3 Å². The summed E-state index contributed by atoms with van der Waals surface area (Å²) < 4.78 is 8.39. The third kappa shape index (κ3) is 3.10. The van der Waals surface area contributed by atoms with E-state index in [1.165, 1.54) is 6.20 Å². The van der Waals surface area contributed by atoms with Crippen molar-refractivity contribution in [2.45, 2.75) is 26.4 Å². The number of hydrogen-bond donors (Lipinski definition) is 1. The smallest absolute Gasteiger partial charge is 0.408 e. The maximum Gasteiger partial charge on any atom is 0.420 e. The van der Waals surface area contributed by atoms with Crippen LogP contribution >= 0.6 is 0 Å². The van der Waals surface area contributed by atoms with Gasteiger partial charge in [-0.1, -0.05) is 26.0 Å². The summed E-state index contributed by atoms with van der Waals surface area (Å²) in [5.41, 5.74) is 2.12. The lowest BCUT2D eigenvalue weighted by atomic mass is 10.0. The molecule has 138 valence electrons. The minimum Gasteiger partial charge on any atom is -0.408 e. The topological polar surface area (TPSA) is 94.4 Å². The molecule has 1 aromatic carbocycles. The molecule has 4 aromatic rings. The summed E-state index contributed by atoms with van der Waals surface area (Å²) in [4.78, 5) is 29.3. The van der Waals surface area contributed by atoms with E-state index in [0.717, 1.165) is 0 Å². The van der Waals surface area contributed by atoms with E-state index in [0.29, 0.717) is 28.9 Å². The molecule has 1 amide bonds. The van der Waals surface area contributed by atoms with Crippen molar-refractivity contribution in [3.63, 3.8) is 0 Å². The Kier molecular flexibility index (Phi) is 4.23. The molecule has 4 rings (SSSR count). The summed E-state index contributed by atoms with van der Waals surface area (Å²) in [6, 6.07) is 8.72. The number of aromatic nitrogens is 4. The van der Waals surface area contributed by atoms with Crippen molar-refractivity contribution in [1.82, 2.24) is 24.5 Å². The third-order valence-electron chi connectivity index (χ3n) is 4.60. The first-order valence-corrected chi connectivity index (χ1v) is 8.72. The van der Waals surface area contributed by atoms with Crippen LogP contribution in [0.25, 0.3) is 16.7 Å². The molecule has 0 unspecified atom stereocenters. The fraction of sp³-hybridized carbons (Fsp3) is 0.263. The van der Waals surface area contributed by atoms with Crippen LogP contribution in [0.1, 0.15) is 24.2 Å². The molecule has 0 spiro atoms. The predicted octanol–water partition coefficient (Wildman–Crippen LogP) is 2.09. The summed E-state index contributed by atoms with van der Waals surface area (Å²) in [7, 11) is 0. The molecule has 3 aromatic heterocycles. The summed E-state index contributed by atoms with van der Waals surface area (Å²) in [5, 5.41) is 7.15. The molecular formula is C19H19N5O3. The van der Waals surface area contributed by atoms with Gasteiger partial charge >= 0.3 is 5.76 Å². The maximum atomic E-state index is 12.8. The molecular weight excluding hydrogens is 346 g/mol. The molecule has 1 atom stereocenters. The average Bonchev–Trinajstić information content (AvgIpc) is 3.22. The highest BCUT2D eigenvalue weighted by molar-refractivity contribution is 5.99. The van der Waals surface area contributed by atoms with Crippen LogP contribution < -0.4 is 11.1 Å². The van der Waals surface area contributed by atoms with Crippen molar-refractivity contribution in [2.24, 2.45) is 5.92 Å². The zero-order valence-electron chi connectivity index (χ0n) is 15.0. The van der Waals surface area contributed by atoms with E-state index >= 15 is 0 Å². The highest BCUT2D eigenvalue weighted by Gasteiger charge is 2.22. The van der Waals surface area contributed by atoms with Crippen LogP contribution in [0.15, 0.2) is 58.1 Å². The number of fused-ring (bicyclic) bond motifs is 2. The molecule has 0 aliphatic rings. The Morgan fingerprint density at radius 1 is 1.26 bits per heavy atom. The van der Waals surface area contributed by atoms with E-state index in [-0.39, 0.29) is 17.9 Å². The van der Waals surface area contributed by atoms with Crippen molar-refractivity contribution in [1.29, 1.82) is 0 Å². The lowest BCUT2D eigenvalue weighted by Gasteiger charge is -2.22. The second-order valence-corrected chi connectivity index (χ2v) is 6.72. The van der Waals surface area contributed by atoms with Crippen LogP contribution in [0.5, 0.6) is 0 Å². The van der Waals surface area contributed by atoms with Crippen LogP contribution in [0.3, 0.4) is 0 Å². The summed E-state index contributed by atoms with van der Waals surface area (Å²) in [5.74, 6) is -0.610. The van der Waals surface area contributed by atoms with E-state index in [1.807, 2.05) is 32.0 Å². The number of rotatable bonds is 5. The molecule has 27 heavy (non-hydrogen) atoms.